The van der Waals surface area contributed by atoms with E-state index in [0.29, 0.717) is 47.7 Å². The van der Waals surface area contributed by atoms with Crippen molar-refractivity contribution >= 4 is 61.8 Å². The third-order valence-corrected chi connectivity index (χ3v) is 7.28. The van der Waals surface area contributed by atoms with E-state index in [2.05, 4.69) is 15.5 Å². The lowest BCUT2D eigenvalue weighted by atomic mass is 10.1. The maximum absolute atomic E-state index is 12.7. The van der Waals surface area contributed by atoms with E-state index in [4.69, 9.17) is 0 Å². The Labute approximate surface area is 237 Å². The van der Waals surface area contributed by atoms with Crippen molar-refractivity contribution in [2.45, 2.75) is 26.7 Å². The molecule has 3 amide bonds. The highest BCUT2D eigenvalue weighted by Crippen LogP contribution is 2.42. The van der Waals surface area contributed by atoms with Gasteiger partial charge in [-0.25, -0.2) is 0 Å². The van der Waals surface area contributed by atoms with E-state index in [0.717, 1.165) is 11.8 Å². The third kappa shape index (κ3) is 6.24. The number of carbonyl (C=O) groups is 3. The molecule has 0 bridgehead atoms. The predicted octanol–water partition coefficient (Wildman–Crippen LogP) is 5.84. The van der Waals surface area contributed by atoms with Crippen LogP contribution in [-0.4, -0.2) is 52.1 Å². The number of nitrogens with one attached hydrogen (secondary N) is 1. The number of hydrogen-bond donors (Lipinski definition) is 1. The maximum Gasteiger partial charge on any atom is 0.333 e. The third-order valence-electron chi connectivity index (χ3n) is 6.32. The zero-order chi connectivity index (χ0) is 29.7. The van der Waals surface area contributed by atoms with Gasteiger partial charge in [-0.3, -0.25) is 39.5 Å². The first kappa shape index (κ1) is 28.9. The summed E-state index contributed by atoms with van der Waals surface area (Å²) >= 11 is 0.518. The van der Waals surface area contributed by atoms with Gasteiger partial charge in [-0.1, -0.05) is 19.1 Å². The maximum atomic E-state index is 12.7. The molecule has 14 nitrogen and oxygen atoms in total. The van der Waals surface area contributed by atoms with Crippen molar-refractivity contribution in [2.24, 2.45) is 10.2 Å². The van der Waals surface area contributed by atoms with Crippen molar-refractivity contribution in [3.63, 3.8) is 0 Å². The summed E-state index contributed by atoms with van der Waals surface area (Å²) < 4.78 is 0. The lowest BCUT2D eigenvalue weighted by Gasteiger charge is -2.25. The zero-order valence-electron chi connectivity index (χ0n) is 22.1. The minimum atomic E-state index is -0.776. The smallest absolute Gasteiger partial charge is 0.333 e. The molecule has 0 saturated heterocycles. The summed E-state index contributed by atoms with van der Waals surface area (Å²) in [6.07, 6.45) is 0.680. The Morgan fingerprint density at radius 3 is 2.27 bits per heavy atom. The molecule has 0 spiro atoms. The lowest BCUT2D eigenvalue weighted by molar-refractivity contribution is -0.389. The fraction of sp³-hybridized carbons (Fsp3) is 0.269. The molecule has 1 aliphatic heterocycles. The fourth-order valence-corrected chi connectivity index (χ4v) is 4.99. The van der Waals surface area contributed by atoms with E-state index in [1.165, 1.54) is 4.90 Å². The summed E-state index contributed by atoms with van der Waals surface area (Å²) in [5, 5.41) is 32.4. The van der Waals surface area contributed by atoms with Crippen LogP contribution in [0.1, 0.15) is 47.4 Å². The van der Waals surface area contributed by atoms with E-state index < -0.39 is 20.5 Å². The minimum Gasteiger partial charge on any atom is -0.372 e. The molecule has 15 heteroatoms. The van der Waals surface area contributed by atoms with Gasteiger partial charge in [0.1, 0.15) is 11.8 Å². The van der Waals surface area contributed by atoms with Gasteiger partial charge in [0.05, 0.1) is 26.7 Å². The molecule has 212 valence electrons. The van der Waals surface area contributed by atoms with Gasteiger partial charge >= 0.3 is 10.7 Å². The monoisotopic (exact) mass is 579 g/mol. The Hall–Kier alpha value is -5.05. The minimum absolute atomic E-state index is 0.182. The van der Waals surface area contributed by atoms with Crippen molar-refractivity contribution < 1.29 is 24.2 Å². The van der Waals surface area contributed by atoms with Gasteiger partial charge in [-0.05, 0) is 55.0 Å². The average molecular weight is 580 g/mol. The lowest BCUT2D eigenvalue weighted by Crippen LogP contribution is -2.33. The van der Waals surface area contributed by atoms with Crippen LogP contribution in [0, 0.1) is 20.2 Å². The standard InChI is InChI=1S/C26H25N7O7S/c1-3-22(34)27-20-14-16(10-11-19(20)28-29-24-21(32(37)38)15-23(41-24)33(39)40)30(4-2)12-7-13-31-25(35)17-8-5-6-9-18(17)26(31)36/h5-6,8-11,14-15H,3-4,7,12-13H2,1-2H3,(H,27,34)/b29-28+. The summed E-state index contributed by atoms with van der Waals surface area (Å²) in [5.41, 5.74) is 1.46. The fourth-order valence-electron chi connectivity index (χ4n) is 4.23. The van der Waals surface area contributed by atoms with Crippen LogP contribution in [0.4, 0.5) is 32.8 Å². The first-order valence-electron chi connectivity index (χ1n) is 12.6. The Bertz CT molecular complexity index is 1530. The molecule has 3 aromatic rings. The van der Waals surface area contributed by atoms with Gasteiger partial charge in [0, 0.05) is 31.7 Å². The molecule has 1 aromatic heterocycles. The number of azo groups is 1. The van der Waals surface area contributed by atoms with Gasteiger partial charge in [0.2, 0.25) is 10.9 Å². The number of hydrogen-bond acceptors (Lipinski definition) is 11. The highest BCUT2D eigenvalue weighted by Gasteiger charge is 2.34. The Kier molecular flexibility index (Phi) is 8.77. The number of rotatable bonds is 12. The second-order valence-electron chi connectivity index (χ2n) is 8.83. The molecule has 2 aromatic carbocycles. The molecule has 1 aliphatic rings. The highest BCUT2D eigenvalue weighted by molar-refractivity contribution is 7.19. The van der Waals surface area contributed by atoms with E-state index in [9.17, 15) is 34.6 Å². The van der Waals surface area contributed by atoms with Crippen molar-refractivity contribution in [3.05, 3.63) is 79.9 Å². The second kappa shape index (κ2) is 12.4. The van der Waals surface area contributed by atoms with Gasteiger partial charge in [-0.2, -0.15) is 0 Å². The van der Waals surface area contributed by atoms with Crippen molar-refractivity contribution in [1.82, 2.24) is 4.90 Å². The largest absolute Gasteiger partial charge is 0.372 e. The molecule has 0 unspecified atom stereocenters. The number of anilines is 2. The molecule has 41 heavy (non-hydrogen) atoms. The number of amides is 3. The van der Waals surface area contributed by atoms with Crippen LogP contribution in [-0.2, 0) is 4.79 Å². The first-order chi connectivity index (χ1) is 19.6. The van der Waals surface area contributed by atoms with E-state index in [-0.39, 0.29) is 41.4 Å². The number of nitro groups is 2. The number of benzene rings is 2. The second-order valence-corrected chi connectivity index (χ2v) is 9.84. The summed E-state index contributed by atoms with van der Waals surface area (Å²) in [6, 6.07) is 12.5. The number of thiophene rings is 1. The summed E-state index contributed by atoms with van der Waals surface area (Å²) in [6.45, 7) is 4.92. The summed E-state index contributed by atoms with van der Waals surface area (Å²) in [4.78, 5) is 61.6. The van der Waals surface area contributed by atoms with Crippen molar-refractivity contribution in [1.29, 1.82) is 0 Å². The summed E-state index contributed by atoms with van der Waals surface area (Å²) in [7, 11) is 0. The quantitative estimate of drug-likeness (QED) is 0.120. The van der Waals surface area contributed by atoms with Gasteiger partial charge in [-0.15, -0.1) is 10.2 Å². The predicted molar refractivity (Wildman–Crippen MR) is 151 cm³/mol. The molecule has 0 radical (unpaired) electrons. The molecule has 0 fully saturated rings. The Balaban J connectivity index is 1.53. The van der Waals surface area contributed by atoms with E-state index in [1.54, 1.807) is 49.4 Å². The summed E-state index contributed by atoms with van der Waals surface area (Å²) in [5.74, 6) is -0.932. The molecular weight excluding hydrogens is 554 g/mol. The topological polar surface area (TPSA) is 181 Å². The normalized spacial score (nSPS) is 12.6. The number of nitrogens with zero attached hydrogens (tertiary/aromatic N) is 6. The van der Waals surface area contributed by atoms with E-state index in [1.807, 2.05) is 11.8 Å². The van der Waals surface area contributed by atoms with E-state index >= 15 is 0 Å². The molecule has 4 rings (SSSR count). The molecule has 0 saturated carbocycles. The zero-order valence-corrected chi connectivity index (χ0v) is 22.9. The Morgan fingerprint density at radius 2 is 1.68 bits per heavy atom. The first-order valence-corrected chi connectivity index (χ1v) is 13.4. The number of fused-ring (bicyclic) bond motifs is 1. The van der Waals surface area contributed by atoms with Gasteiger partial charge in [0.15, 0.2) is 0 Å². The number of imide groups is 1. The van der Waals surface area contributed by atoms with Gasteiger partial charge in [0.25, 0.3) is 11.8 Å². The van der Waals surface area contributed by atoms with Crippen LogP contribution < -0.4 is 10.2 Å². The molecule has 1 N–H and O–H groups in total. The van der Waals surface area contributed by atoms with Crippen LogP contribution in [0.25, 0.3) is 0 Å². The molecule has 0 atom stereocenters. The van der Waals surface area contributed by atoms with Gasteiger partial charge < -0.3 is 10.2 Å². The molecular formula is C26H25N7O7S. The van der Waals surface area contributed by atoms with Crippen LogP contribution in [0.15, 0.2) is 58.8 Å². The average Bonchev–Trinajstić information content (AvgIpc) is 3.50. The molecule has 2 heterocycles. The highest BCUT2D eigenvalue weighted by atomic mass is 32.1. The van der Waals surface area contributed by atoms with Crippen LogP contribution in [0.2, 0.25) is 0 Å². The Morgan fingerprint density at radius 1 is 1.00 bits per heavy atom. The van der Waals surface area contributed by atoms with Crippen LogP contribution in [0.5, 0.6) is 0 Å². The van der Waals surface area contributed by atoms with Crippen LogP contribution >= 0.6 is 11.3 Å². The molecule has 0 aliphatic carbocycles. The van der Waals surface area contributed by atoms with Crippen molar-refractivity contribution in [3.8, 4) is 0 Å². The van der Waals surface area contributed by atoms with Crippen LogP contribution in [0.3, 0.4) is 0 Å². The number of carbonyl (C=O) groups excluding carboxylic acids is 3. The van der Waals surface area contributed by atoms with Crippen molar-refractivity contribution in [2.75, 3.05) is 29.9 Å². The SMILES string of the molecule is CCC(=O)Nc1cc(N(CC)CCCN2C(=O)c3ccccc3C2=O)ccc1/N=N/c1sc([N+](=O)[O-])cc1[N+](=O)[O-].